The van der Waals surface area contributed by atoms with Gasteiger partial charge in [0, 0.05) is 47.3 Å². The van der Waals surface area contributed by atoms with Gasteiger partial charge >= 0.3 is 0 Å². The van der Waals surface area contributed by atoms with E-state index >= 15 is 0 Å². The molecule has 3 heterocycles. The van der Waals surface area contributed by atoms with Crippen LogP contribution in [0, 0.1) is 0 Å². The third-order valence-electron chi connectivity index (χ3n) is 2.84. The Morgan fingerprint density at radius 3 is 2.67 bits per heavy atom. The first-order valence-electron chi connectivity index (χ1n) is 6.11. The van der Waals surface area contributed by atoms with E-state index in [9.17, 15) is 0 Å². The number of nitrogens with one attached hydrogen (secondary N) is 1. The second-order valence-corrected chi connectivity index (χ2v) is 5.32. The van der Waals surface area contributed by atoms with Crippen molar-refractivity contribution in [2.75, 3.05) is 5.43 Å². The summed E-state index contributed by atoms with van der Waals surface area (Å²) in [6.45, 7) is 0. The summed E-state index contributed by atoms with van der Waals surface area (Å²) in [5.74, 6) is 6.56. The van der Waals surface area contributed by atoms with Crippen LogP contribution in [0.1, 0.15) is 0 Å². The van der Waals surface area contributed by atoms with Crippen LogP contribution in [-0.2, 0) is 7.05 Å². The molecule has 8 heteroatoms. The van der Waals surface area contributed by atoms with Gasteiger partial charge in [-0.25, -0.2) is 15.8 Å². The van der Waals surface area contributed by atoms with Crippen LogP contribution < -0.4 is 11.3 Å². The van der Waals surface area contributed by atoms with Crippen molar-refractivity contribution >= 4 is 21.7 Å². The lowest BCUT2D eigenvalue weighted by atomic mass is 10.2. The number of aryl methyl sites for hydroxylation is 1. The van der Waals surface area contributed by atoms with Crippen molar-refractivity contribution in [3.63, 3.8) is 0 Å². The predicted molar refractivity (Wildman–Crippen MR) is 83.0 cm³/mol. The number of halogens is 1. The summed E-state index contributed by atoms with van der Waals surface area (Å²) in [5.41, 5.74) is 4.98. The second kappa shape index (κ2) is 5.58. The van der Waals surface area contributed by atoms with Gasteiger partial charge in [-0.2, -0.15) is 5.10 Å². The fourth-order valence-corrected chi connectivity index (χ4v) is 2.25. The van der Waals surface area contributed by atoms with E-state index in [1.165, 1.54) is 0 Å². The fraction of sp³-hybridized carbons (Fsp3) is 0.0769. The van der Waals surface area contributed by atoms with E-state index in [0.29, 0.717) is 11.6 Å². The minimum atomic E-state index is 0.527. The monoisotopic (exact) mass is 345 g/mol. The normalized spacial score (nSPS) is 10.6. The first-order valence-corrected chi connectivity index (χ1v) is 6.90. The molecule has 0 fully saturated rings. The summed E-state index contributed by atoms with van der Waals surface area (Å²) in [4.78, 5) is 13.0. The lowest BCUT2D eigenvalue weighted by molar-refractivity contribution is 0.768. The third-order valence-corrected chi connectivity index (χ3v) is 3.27. The van der Waals surface area contributed by atoms with E-state index in [2.05, 4.69) is 41.4 Å². The highest BCUT2D eigenvalue weighted by Crippen LogP contribution is 2.24. The van der Waals surface area contributed by atoms with Crippen LogP contribution in [-0.4, -0.2) is 24.7 Å². The number of nitrogens with two attached hydrogens (primary N) is 1. The number of nitrogen functional groups attached to an aromatic ring is 1. The molecular formula is C13H12BrN7. The molecular weight excluding hydrogens is 334 g/mol. The Morgan fingerprint density at radius 1 is 1.14 bits per heavy atom. The van der Waals surface area contributed by atoms with Crippen molar-refractivity contribution in [1.29, 1.82) is 0 Å². The van der Waals surface area contributed by atoms with Gasteiger partial charge in [0.1, 0.15) is 5.82 Å². The lowest BCUT2D eigenvalue weighted by Gasteiger charge is -2.06. The Hall–Kier alpha value is -2.32. The Kier molecular flexibility index (Phi) is 3.63. The lowest BCUT2D eigenvalue weighted by Crippen LogP contribution is -2.10. The molecule has 0 radical (unpaired) electrons. The van der Waals surface area contributed by atoms with Crippen molar-refractivity contribution in [3.8, 4) is 22.6 Å². The SMILES string of the molecule is Cn1cc(-c2cc(NN)nc(-c3cncc(Br)c3)n2)cn1. The van der Waals surface area contributed by atoms with Gasteiger partial charge < -0.3 is 5.43 Å². The van der Waals surface area contributed by atoms with Crippen LogP contribution in [0.25, 0.3) is 22.6 Å². The summed E-state index contributed by atoms with van der Waals surface area (Å²) in [6, 6.07) is 3.67. The van der Waals surface area contributed by atoms with Crippen LogP contribution in [0.5, 0.6) is 0 Å². The fourth-order valence-electron chi connectivity index (χ4n) is 1.89. The van der Waals surface area contributed by atoms with Gasteiger partial charge in [0.05, 0.1) is 11.9 Å². The molecule has 0 amide bonds. The zero-order valence-electron chi connectivity index (χ0n) is 11.2. The molecule has 0 spiro atoms. The van der Waals surface area contributed by atoms with E-state index in [1.54, 1.807) is 29.3 Å². The molecule has 0 atom stereocenters. The Bertz CT molecular complexity index is 784. The number of hydrogen-bond donors (Lipinski definition) is 2. The molecule has 0 bridgehead atoms. The summed E-state index contributed by atoms with van der Waals surface area (Å²) in [6.07, 6.45) is 7.03. The van der Waals surface area contributed by atoms with Gasteiger partial charge in [0.25, 0.3) is 0 Å². The predicted octanol–water partition coefficient (Wildman–Crippen LogP) is 1.99. The minimum absolute atomic E-state index is 0.527. The number of hydrogen-bond acceptors (Lipinski definition) is 6. The van der Waals surface area contributed by atoms with Gasteiger partial charge in [-0.05, 0) is 22.0 Å². The van der Waals surface area contributed by atoms with E-state index in [0.717, 1.165) is 21.3 Å². The van der Waals surface area contributed by atoms with Gasteiger partial charge in [-0.15, -0.1) is 0 Å². The largest absolute Gasteiger partial charge is 0.308 e. The maximum Gasteiger partial charge on any atom is 0.163 e. The standard InChI is InChI=1S/C13H12BrN7/c1-21-7-9(5-17-21)11-3-12(20-15)19-13(18-11)8-2-10(14)6-16-4-8/h2-7H,15H2,1H3,(H,18,19,20). The highest BCUT2D eigenvalue weighted by Gasteiger charge is 2.10. The van der Waals surface area contributed by atoms with Crippen molar-refractivity contribution in [2.24, 2.45) is 12.9 Å². The molecule has 21 heavy (non-hydrogen) atoms. The summed E-state index contributed by atoms with van der Waals surface area (Å²) in [5, 5.41) is 4.15. The molecule has 0 saturated heterocycles. The maximum atomic E-state index is 5.49. The molecule has 0 aliphatic heterocycles. The molecule has 0 aliphatic rings. The summed E-state index contributed by atoms with van der Waals surface area (Å²) >= 11 is 3.39. The van der Waals surface area contributed by atoms with Crippen molar-refractivity contribution in [1.82, 2.24) is 24.7 Å². The highest BCUT2D eigenvalue weighted by atomic mass is 79.9. The van der Waals surface area contributed by atoms with Crippen LogP contribution in [0.2, 0.25) is 0 Å². The molecule has 3 aromatic rings. The van der Waals surface area contributed by atoms with Gasteiger partial charge in [-0.3, -0.25) is 9.67 Å². The first kappa shape index (κ1) is 13.7. The molecule has 0 unspecified atom stereocenters. The topological polar surface area (TPSA) is 94.5 Å². The molecule has 7 nitrogen and oxygen atoms in total. The molecule has 3 N–H and O–H groups in total. The Labute approximate surface area is 129 Å². The number of hydrazine groups is 1. The average Bonchev–Trinajstić information content (AvgIpc) is 2.93. The van der Waals surface area contributed by atoms with Crippen LogP contribution >= 0.6 is 15.9 Å². The van der Waals surface area contributed by atoms with Crippen molar-refractivity contribution in [2.45, 2.75) is 0 Å². The smallest absolute Gasteiger partial charge is 0.163 e. The Morgan fingerprint density at radius 2 is 2.00 bits per heavy atom. The van der Waals surface area contributed by atoms with E-state index in [4.69, 9.17) is 5.84 Å². The summed E-state index contributed by atoms with van der Waals surface area (Å²) < 4.78 is 2.57. The average molecular weight is 346 g/mol. The summed E-state index contributed by atoms with van der Waals surface area (Å²) in [7, 11) is 1.85. The van der Waals surface area contributed by atoms with Gasteiger partial charge in [0.15, 0.2) is 5.82 Å². The molecule has 3 aromatic heterocycles. The van der Waals surface area contributed by atoms with Crippen LogP contribution in [0.4, 0.5) is 5.82 Å². The molecule has 0 saturated carbocycles. The quantitative estimate of drug-likeness (QED) is 0.556. The minimum Gasteiger partial charge on any atom is -0.308 e. The van der Waals surface area contributed by atoms with Gasteiger partial charge in [0.2, 0.25) is 0 Å². The maximum absolute atomic E-state index is 5.49. The van der Waals surface area contributed by atoms with E-state index < -0.39 is 0 Å². The molecule has 0 aliphatic carbocycles. The number of rotatable bonds is 3. The second-order valence-electron chi connectivity index (χ2n) is 4.40. The van der Waals surface area contributed by atoms with E-state index in [1.807, 2.05) is 19.3 Å². The number of nitrogens with zero attached hydrogens (tertiary/aromatic N) is 5. The number of aromatic nitrogens is 5. The zero-order chi connectivity index (χ0) is 14.8. The molecule has 106 valence electrons. The first-order chi connectivity index (χ1) is 10.2. The third kappa shape index (κ3) is 2.91. The number of anilines is 1. The van der Waals surface area contributed by atoms with E-state index in [-0.39, 0.29) is 0 Å². The van der Waals surface area contributed by atoms with Crippen LogP contribution in [0.15, 0.2) is 41.4 Å². The molecule has 0 aromatic carbocycles. The van der Waals surface area contributed by atoms with Crippen molar-refractivity contribution < 1.29 is 0 Å². The highest BCUT2D eigenvalue weighted by molar-refractivity contribution is 9.10. The number of pyridine rings is 1. The Balaban J connectivity index is 2.13. The van der Waals surface area contributed by atoms with Gasteiger partial charge in [-0.1, -0.05) is 0 Å². The van der Waals surface area contributed by atoms with Crippen LogP contribution in [0.3, 0.4) is 0 Å². The molecule has 3 rings (SSSR count). The van der Waals surface area contributed by atoms with Crippen molar-refractivity contribution in [3.05, 3.63) is 41.4 Å². The zero-order valence-corrected chi connectivity index (χ0v) is 12.7.